The topological polar surface area (TPSA) is 47.3 Å². The number of rotatable bonds is 6. The Bertz CT molecular complexity index is 587. The zero-order valence-corrected chi connectivity index (χ0v) is 11.8. The molecular weight excluding hydrogens is 274 g/mol. The average molecular weight is 292 g/mol. The van der Waals surface area contributed by atoms with Gasteiger partial charge in [-0.25, -0.2) is 8.78 Å². The van der Waals surface area contributed by atoms with E-state index < -0.39 is 17.7 Å². The predicted molar refractivity (Wildman–Crippen MR) is 77.7 cm³/mol. The van der Waals surface area contributed by atoms with E-state index in [1.54, 1.807) is 7.11 Å². The molecule has 0 saturated heterocycles. The Balaban J connectivity index is 2.06. The molecule has 2 aromatic rings. The molecule has 0 bridgehead atoms. The first-order chi connectivity index (χ1) is 10.2. The second-order valence-electron chi connectivity index (χ2n) is 4.75. The van der Waals surface area contributed by atoms with Crippen LogP contribution in [-0.4, -0.2) is 7.11 Å². The van der Waals surface area contributed by atoms with Crippen LogP contribution in [0, 0.1) is 11.6 Å². The molecule has 0 heterocycles. The minimum Gasteiger partial charge on any atom is -0.497 e. The van der Waals surface area contributed by atoms with Crippen LogP contribution in [0.1, 0.15) is 23.6 Å². The Morgan fingerprint density at radius 3 is 2.48 bits per heavy atom. The molecule has 0 aliphatic carbocycles. The number of ether oxygens (including phenoxy) is 1. The Morgan fingerprint density at radius 1 is 1.14 bits per heavy atom. The van der Waals surface area contributed by atoms with E-state index in [1.165, 1.54) is 12.1 Å². The van der Waals surface area contributed by atoms with Gasteiger partial charge in [-0.2, -0.15) is 0 Å². The summed E-state index contributed by atoms with van der Waals surface area (Å²) >= 11 is 0. The predicted octanol–water partition coefficient (Wildman–Crippen LogP) is 3.11. The first-order valence-corrected chi connectivity index (χ1v) is 6.68. The van der Waals surface area contributed by atoms with Crippen LogP contribution in [-0.2, 0) is 6.42 Å². The van der Waals surface area contributed by atoms with Crippen LogP contribution in [0.2, 0.25) is 0 Å². The van der Waals surface area contributed by atoms with Crippen molar-refractivity contribution in [3.8, 4) is 5.75 Å². The third kappa shape index (κ3) is 3.77. The molecule has 1 atom stereocenters. The largest absolute Gasteiger partial charge is 0.497 e. The van der Waals surface area contributed by atoms with Crippen LogP contribution in [0.15, 0.2) is 42.5 Å². The standard InChI is InChI=1S/C16H18F2N2O/c1-21-12-8-5-11(6-9-12)7-10-15(20-19)13-3-2-4-14(17)16(13)18/h2-6,8-9,15,20H,7,10,19H2,1H3. The van der Waals surface area contributed by atoms with Crippen molar-refractivity contribution in [3.05, 3.63) is 65.2 Å². The summed E-state index contributed by atoms with van der Waals surface area (Å²) in [4.78, 5) is 0. The molecule has 21 heavy (non-hydrogen) atoms. The Kier molecular flexibility index (Phi) is 5.25. The van der Waals surface area contributed by atoms with E-state index >= 15 is 0 Å². The Hall–Kier alpha value is -1.98. The van der Waals surface area contributed by atoms with Crippen LogP contribution in [0.4, 0.5) is 8.78 Å². The van der Waals surface area contributed by atoms with Gasteiger partial charge in [-0.1, -0.05) is 24.3 Å². The molecule has 5 heteroatoms. The Morgan fingerprint density at radius 2 is 1.86 bits per heavy atom. The van der Waals surface area contributed by atoms with E-state index in [2.05, 4.69) is 5.43 Å². The summed E-state index contributed by atoms with van der Waals surface area (Å²) in [5, 5.41) is 0. The summed E-state index contributed by atoms with van der Waals surface area (Å²) in [7, 11) is 1.61. The van der Waals surface area contributed by atoms with E-state index in [1.807, 2.05) is 24.3 Å². The molecule has 0 radical (unpaired) electrons. The van der Waals surface area contributed by atoms with Gasteiger partial charge in [0.15, 0.2) is 11.6 Å². The molecular formula is C16H18F2N2O. The zero-order chi connectivity index (χ0) is 15.2. The maximum absolute atomic E-state index is 13.8. The van der Waals surface area contributed by atoms with Crippen molar-refractivity contribution in [2.24, 2.45) is 5.84 Å². The lowest BCUT2D eigenvalue weighted by atomic mass is 9.99. The molecule has 0 amide bonds. The number of nitrogens with two attached hydrogens (primary N) is 1. The highest BCUT2D eigenvalue weighted by Crippen LogP contribution is 2.23. The third-order valence-electron chi connectivity index (χ3n) is 3.44. The second-order valence-corrected chi connectivity index (χ2v) is 4.75. The number of hydrazine groups is 1. The number of hydrogen-bond donors (Lipinski definition) is 2. The number of methoxy groups -OCH3 is 1. The van der Waals surface area contributed by atoms with E-state index in [0.717, 1.165) is 17.4 Å². The lowest BCUT2D eigenvalue weighted by molar-refractivity contribution is 0.414. The fourth-order valence-electron chi connectivity index (χ4n) is 2.22. The van der Waals surface area contributed by atoms with Crippen LogP contribution in [0.5, 0.6) is 5.75 Å². The molecule has 2 aromatic carbocycles. The highest BCUT2D eigenvalue weighted by molar-refractivity contribution is 5.28. The average Bonchev–Trinajstić information content (AvgIpc) is 2.52. The van der Waals surface area contributed by atoms with Gasteiger partial charge in [-0.3, -0.25) is 11.3 Å². The summed E-state index contributed by atoms with van der Waals surface area (Å²) in [5.74, 6) is 4.54. The minimum atomic E-state index is -0.864. The van der Waals surface area contributed by atoms with Gasteiger partial charge < -0.3 is 4.74 Å². The first-order valence-electron chi connectivity index (χ1n) is 6.68. The first kappa shape index (κ1) is 15.4. The van der Waals surface area contributed by atoms with Crippen molar-refractivity contribution < 1.29 is 13.5 Å². The van der Waals surface area contributed by atoms with Crippen molar-refractivity contribution in [1.29, 1.82) is 0 Å². The van der Waals surface area contributed by atoms with Gasteiger partial charge >= 0.3 is 0 Å². The minimum absolute atomic E-state index is 0.242. The summed E-state index contributed by atoms with van der Waals surface area (Å²) in [6.07, 6.45) is 1.25. The van der Waals surface area contributed by atoms with Gasteiger partial charge in [-0.15, -0.1) is 0 Å². The van der Waals surface area contributed by atoms with E-state index in [0.29, 0.717) is 12.8 Å². The van der Waals surface area contributed by atoms with Gasteiger partial charge in [0.1, 0.15) is 5.75 Å². The highest BCUT2D eigenvalue weighted by atomic mass is 19.2. The van der Waals surface area contributed by atoms with Gasteiger partial charge in [0.2, 0.25) is 0 Å². The molecule has 0 aliphatic heterocycles. The fraction of sp³-hybridized carbons (Fsp3) is 0.250. The summed E-state index contributed by atoms with van der Waals surface area (Å²) < 4.78 is 32.1. The van der Waals surface area contributed by atoms with Gasteiger partial charge in [-0.05, 0) is 36.6 Å². The van der Waals surface area contributed by atoms with Crippen molar-refractivity contribution in [3.63, 3.8) is 0 Å². The molecule has 2 rings (SSSR count). The van der Waals surface area contributed by atoms with Crippen LogP contribution in [0.25, 0.3) is 0 Å². The maximum Gasteiger partial charge on any atom is 0.163 e. The molecule has 112 valence electrons. The van der Waals surface area contributed by atoms with Crippen LogP contribution >= 0.6 is 0 Å². The molecule has 0 fully saturated rings. The normalized spacial score (nSPS) is 12.2. The summed E-state index contributed by atoms with van der Waals surface area (Å²) in [6.45, 7) is 0. The van der Waals surface area contributed by atoms with E-state index in [4.69, 9.17) is 10.6 Å². The SMILES string of the molecule is COc1ccc(CCC(NN)c2cccc(F)c2F)cc1. The summed E-state index contributed by atoms with van der Waals surface area (Å²) in [5.41, 5.74) is 3.87. The Labute approximate surface area is 122 Å². The monoisotopic (exact) mass is 292 g/mol. The fourth-order valence-corrected chi connectivity index (χ4v) is 2.22. The molecule has 0 spiro atoms. The quantitative estimate of drug-likeness (QED) is 0.635. The lowest BCUT2D eigenvalue weighted by Crippen LogP contribution is -2.29. The zero-order valence-electron chi connectivity index (χ0n) is 11.8. The molecule has 3 nitrogen and oxygen atoms in total. The van der Waals surface area contributed by atoms with E-state index in [9.17, 15) is 8.78 Å². The third-order valence-corrected chi connectivity index (χ3v) is 3.44. The van der Waals surface area contributed by atoms with E-state index in [-0.39, 0.29) is 5.56 Å². The number of benzene rings is 2. The molecule has 1 unspecified atom stereocenters. The van der Waals surface area contributed by atoms with Crippen molar-refractivity contribution >= 4 is 0 Å². The molecule has 3 N–H and O–H groups in total. The lowest BCUT2D eigenvalue weighted by Gasteiger charge is -2.17. The van der Waals surface area contributed by atoms with Gasteiger partial charge in [0, 0.05) is 11.6 Å². The molecule has 0 aliphatic rings. The van der Waals surface area contributed by atoms with Gasteiger partial charge in [0.25, 0.3) is 0 Å². The molecule has 0 aromatic heterocycles. The second kappa shape index (κ2) is 7.15. The number of nitrogens with one attached hydrogen (secondary N) is 1. The highest BCUT2D eigenvalue weighted by Gasteiger charge is 2.16. The smallest absolute Gasteiger partial charge is 0.163 e. The van der Waals surface area contributed by atoms with Gasteiger partial charge in [0.05, 0.1) is 7.11 Å². The van der Waals surface area contributed by atoms with Crippen molar-refractivity contribution in [2.75, 3.05) is 7.11 Å². The number of hydrogen-bond acceptors (Lipinski definition) is 3. The maximum atomic E-state index is 13.8. The molecule has 0 saturated carbocycles. The van der Waals surface area contributed by atoms with Crippen LogP contribution < -0.4 is 16.0 Å². The van der Waals surface area contributed by atoms with Crippen molar-refractivity contribution in [2.45, 2.75) is 18.9 Å². The van der Waals surface area contributed by atoms with Crippen LogP contribution in [0.3, 0.4) is 0 Å². The number of halogens is 2. The number of aryl methyl sites for hydroxylation is 1. The summed E-state index contributed by atoms with van der Waals surface area (Å²) in [6, 6.07) is 11.3. The van der Waals surface area contributed by atoms with Crippen molar-refractivity contribution in [1.82, 2.24) is 5.43 Å².